The van der Waals surface area contributed by atoms with E-state index < -0.39 is 0 Å². The van der Waals surface area contributed by atoms with E-state index in [0.29, 0.717) is 31.1 Å². The van der Waals surface area contributed by atoms with Gasteiger partial charge in [-0.1, -0.05) is 6.07 Å². The van der Waals surface area contributed by atoms with Crippen molar-refractivity contribution in [3.63, 3.8) is 0 Å². The second-order valence-electron chi connectivity index (χ2n) is 7.41. The minimum absolute atomic E-state index is 0.0218. The first-order valence-corrected chi connectivity index (χ1v) is 10.5. The van der Waals surface area contributed by atoms with Gasteiger partial charge in [0.15, 0.2) is 0 Å². The van der Waals surface area contributed by atoms with Gasteiger partial charge in [-0.2, -0.15) is 0 Å². The summed E-state index contributed by atoms with van der Waals surface area (Å²) in [6, 6.07) is 7.93. The van der Waals surface area contributed by atoms with Crippen molar-refractivity contribution in [1.29, 1.82) is 0 Å². The lowest BCUT2D eigenvalue weighted by atomic mass is 9.82. The molecule has 29 heavy (non-hydrogen) atoms. The topological polar surface area (TPSA) is 94.2 Å². The zero-order chi connectivity index (χ0) is 19.8. The van der Waals surface area contributed by atoms with Gasteiger partial charge in [0.25, 0.3) is 5.91 Å². The van der Waals surface area contributed by atoms with Crippen molar-refractivity contribution in [2.45, 2.75) is 24.9 Å². The summed E-state index contributed by atoms with van der Waals surface area (Å²) < 4.78 is 6.34. The number of nitrogens with two attached hydrogens (primary N) is 1. The van der Waals surface area contributed by atoms with E-state index in [1.165, 1.54) is 16.8 Å². The molecule has 0 saturated carbocycles. The van der Waals surface area contributed by atoms with Crippen molar-refractivity contribution >= 4 is 23.1 Å². The molecule has 0 aliphatic carbocycles. The molecule has 7 nitrogen and oxygen atoms in total. The number of rotatable bonds is 2. The number of nitrogens with zero attached hydrogens (tertiary/aromatic N) is 4. The van der Waals surface area contributed by atoms with Gasteiger partial charge in [0, 0.05) is 36.8 Å². The number of thiophene rings is 1. The number of amides is 1. The molecule has 0 radical (unpaired) electrons. The Morgan fingerprint density at radius 1 is 1.21 bits per heavy atom. The summed E-state index contributed by atoms with van der Waals surface area (Å²) in [5.41, 5.74) is 8.22. The van der Waals surface area contributed by atoms with Gasteiger partial charge >= 0.3 is 0 Å². The molecule has 5 heterocycles. The lowest BCUT2D eigenvalue weighted by Gasteiger charge is -2.44. The fourth-order valence-electron chi connectivity index (χ4n) is 4.21. The summed E-state index contributed by atoms with van der Waals surface area (Å²) in [6.07, 6.45) is 7.04. The quantitative estimate of drug-likeness (QED) is 0.702. The van der Waals surface area contributed by atoms with Crippen molar-refractivity contribution in [3.8, 4) is 10.6 Å². The van der Waals surface area contributed by atoms with Crippen LogP contribution in [-0.2, 0) is 16.8 Å². The second-order valence-corrected chi connectivity index (χ2v) is 8.54. The third-order valence-electron chi connectivity index (χ3n) is 5.70. The van der Waals surface area contributed by atoms with Crippen LogP contribution in [-0.4, -0.2) is 45.5 Å². The molecular formula is C21H21N5O2S. The van der Waals surface area contributed by atoms with E-state index >= 15 is 0 Å². The van der Waals surface area contributed by atoms with Crippen LogP contribution >= 0.6 is 11.3 Å². The Morgan fingerprint density at radius 2 is 2.00 bits per heavy atom. The smallest absolute Gasteiger partial charge is 0.256 e. The van der Waals surface area contributed by atoms with Crippen LogP contribution in [0.4, 0.5) is 5.82 Å². The van der Waals surface area contributed by atoms with E-state index in [9.17, 15) is 4.79 Å². The SMILES string of the molecule is Nc1cccc(-c2cc3c(s2)CCOC32CCN(C(=O)c3cncnc3)CC2)n1. The number of aromatic nitrogens is 3. The molecule has 3 aromatic heterocycles. The van der Waals surface area contributed by atoms with Crippen molar-refractivity contribution in [2.75, 3.05) is 25.4 Å². The number of hydrogen-bond acceptors (Lipinski definition) is 7. The number of ether oxygens (including phenoxy) is 1. The Balaban J connectivity index is 1.39. The summed E-state index contributed by atoms with van der Waals surface area (Å²) in [7, 11) is 0. The van der Waals surface area contributed by atoms with Gasteiger partial charge in [0.2, 0.25) is 0 Å². The van der Waals surface area contributed by atoms with Gasteiger partial charge in [-0.3, -0.25) is 4.79 Å². The number of hydrogen-bond donors (Lipinski definition) is 1. The Morgan fingerprint density at radius 3 is 2.76 bits per heavy atom. The highest BCUT2D eigenvalue weighted by molar-refractivity contribution is 7.15. The maximum Gasteiger partial charge on any atom is 0.256 e. The molecule has 148 valence electrons. The molecule has 5 rings (SSSR count). The van der Waals surface area contributed by atoms with Crippen molar-refractivity contribution < 1.29 is 9.53 Å². The Hall–Kier alpha value is -2.84. The van der Waals surface area contributed by atoms with Crippen LogP contribution in [0.25, 0.3) is 10.6 Å². The number of carbonyl (C=O) groups excluding carboxylic acids is 1. The lowest BCUT2D eigenvalue weighted by molar-refractivity contribution is -0.0926. The van der Waals surface area contributed by atoms with E-state index in [1.54, 1.807) is 29.8 Å². The Bertz CT molecular complexity index is 1040. The third-order valence-corrected chi connectivity index (χ3v) is 6.91. The number of nitrogen functional groups attached to an aromatic ring is 1. The predicted octanol–water partition coefficient (Wildman–Crippen LogP) is 2.89. The zero-order valence-corrected chi connectivity index (χ0v) is 16.7. The normalized spacial score (nSPS) is 17.9. The monoisotopic (exact) mass is 407 g/mol. The average Bonchev–Trinajstić information content (AvgIpc) is 3.21. The fraction of sp³-hybridized carbons (Fsp3) is 0.333. The van der Waals surface area contributed by atoms with Crippen LogP contribution in [0.1, 0.15) is 33.6 Å². The lowest BCUT2D eigenvalue weighted by Crippen LogP contribution is -2.48. The van der Waals surface area contributed by atoms with E-state index in [0.717, 1.165) is 29.8 Å². The molecule has 2 aliphatic rings. The average molecular weight is 407 g/mol. The van der Waals surface area contributed by atoms with Gasteiger partial charge < -0.3 is 15.4 Å². The molecule has 1 amide bonds. The zero-order valence-electron chi connectivity index (χ0n) is 15.9. The highest BCUT2D eigenvalue weighted by Crippen LogP contribution is 2.46. The maximum absolute atomic E-state index is 12.7. The number of pyridine rings is 1. The molecule has 1 spiro atoms. The van der Waals surface area contributed by atoms with Crippen LogP contribution in [0.3, 0.4) is 0 Å². The Kier molecular flexibility index (Phi) is 4.52. The number of piperidine rings is 1. The second kappa shape index (κ2) is 7.20. The van der Waals surface area contributed by atoms with Crippen LogP contribution in [0, 0.1) is 0 Å². The van der Waals surface area contributed by atoms with E-state index in [-0.39, 0.29) is 11.5 Å². The fourth-order valence-corrected chi connectivity index (χ4v) is 5.41. The molecule has 0 atom stereocenters. The van der Waals surface area contributed by atoms with Crippen molar-refractivity contribution in [2.24, 2.45) is 0 Å². The van der Waals surface area contributed by atoms with Crippen molar-refractivity contribution in [1.82, 2.24) is 19.9 Å². The highest BCUT2D eigenvalue weighted by Gasteiger charge is 2.43. The standard InChI is InChI=1S/C21H21N5O2S/c22-19-3-1-2-16(25-19)18-10-15-17(29-18)4-9-28-21(15)5-7-26(8-6-21)20(27)14-11-23-13-24-12-14/h1-3,10-13H,4-9H2,(H2,22,25). The molecule has 0 unspecified atom stereocenters. The Labute approximate surface area is 172 Å². The van der Waals surface area contributed by atoms with Crippen molar-refractivity contribution in [3.05, 3.63) is 59.0 Å². The third kappa shape index (κ3) is 3.28. The van der Waals surface area contributed by atoms with Gasteiger partial charge in [0.1, 0.15) is 12.1 Å². The maximum atomic E-state index is 12.7. The van der Waals surface area contributed by atoms with E-state index in [2.05, 4.69) is 21.0 Å². The minimum Gasteiger partial charge on any atom is -0.384 e. The first kappa shape index (κ1) is 18.2. The van der Waals surface area contributed by atoms with Gasteiger partial charge in [-0.05, 0) is 36.6 Å². The summed E-state index contributed by atoms with van der Waals surface area (Å²) in [5, 5.41) is 0. The predicted molar refractivity (Wildman–Crippen MR) is 110 cm³/mol. The van der Waals surface area contributed by atoms with Crippen LogP contribution in [0.5, 0.6) is 0 Å². The first-order chi connectivity index (χ1) is 14.1. The molecule has 2 N–H and O–H groups in total. The summed E-state index contributed by atoms with van der Waals surface area (Å²) in [4.78, 5) is 29.4. The molecule has 1 saturated heterocycles. The van der Waals surface area contributed by atoms with E-state index in [4.69, 9.17) is 10.5 Å². The number of carbonyl (C=O) groups is 1. The largest absolute Gasteiger partial charge is 0.384 e. The molecule has 8 heteroatoms. The molecule has 0 bridgehead atoms. The van der Waals surface area contributed by atoms with Crippen LogP contribution in [0.15, 0.2) is 43.0 Å². The molecule has 1 fully saturated rings. The van der Waals surface area contributed by atoms with Gasteiger partial charge in [-0.15, -0.1) is 11.3 Å². The molecule has 3 aromatic rings. The summed E-state index contributed by atoms with van der Waals surface area (Å²) >= 11 is 1.77. The summed E-state index contributed by atoms with van der Waals surface area (Å²) in [5.74, 6) is 0.503. The number of likely N-dealkylation sites (tertiary alicyclic amines) is 1. The summed E-state index contributed by atoms with van der Waals surface area (Å²) in [6.45, 7) is 2.00. The van der Waals surface area contributed by atoms with E-state index in [1.807, 2.05) is 17.0 Å². The van der Waals surface area contributed by atoms with Gasteiger partial charge in [0.05, 0.1) is 28.3 Å². The highest BCUT2D eigenvalue weighted by atomic mass is 32.1. The van der Waals surface area contributed by atoms with Gasteiger partial charge in [-0.25, -0.2) is 15.0 Å². The number of anilines is 1. The number of fused-ring (bicyclic) bond motifs is 2. The minimum atomic E-state index is -0.327. The van der Waals surface area contributed by atoms with Crippen LogP contribution in [0.2, 0.25) is 0 Å². The molecule has 2 aliphatic heterocycles. The van der Waals surface area contributed by atoms with Crippen LogP contribution < -0.4 is 5.73 Å². The molecule has 0 aromatic carbocycles. The molecular weight excluding hydrogens is 386 g/mol. The first-order valence-electron chi connectivity index (χ1n) is 9.69.